The molecule has 1 aliphatic heterocycles. The van der Waals surface area contributed by atoms with Gasteiger partial charge in [-0.3, -0.25) is 4.99 Å². The first-order chi connectivity index (χ1) is 8.54. The summed E-state index contributed by atoms with van der Waals surface area (Å²) in [6, 6.07) is 8.85. The Kier molecular flexibility index (Phi) is 4.17. The molecule has 0 saturated carbocycles. The third-order valence-electron chi connectivity index (χ3n) is 2.96. The van der Waals surface area contributed by atoms with Crippen LogP contribution in [0.5, 0.6) is 0 Å². The molecule has 0 saturated heterocycles. The van der Waals surface area contributed by atoms with Crippen molar-refractivity contribution in [3.05, 3.63) is 24.3 Å². The van der Waals surface area contributed by atoms with Gasteiger partial charge in [0.1, 0.15) is 0 Å². The van der Waals surface area contributed by atoms with Gasteiger partial charge in [-0.2, -0.15) is 0 Å². The van der Waals surface area contributed by atoms with Crippen LogP contribution >= 0.6 is 11.8 Å². The zero-order valence-corrected chi connectivity index (χ0v) is 12.3. The monoisotopic (exact) mass is 263 g/mol. The second-order valence-corrected chi connectivity index (χ2v) is 6.44. The Morgan fingerprint density at radius 2 is 1.89 bits per heavy atom. The number of hydrogen-bond donors (Lipinski definition) is 1. The van der Waals surface area contributed by atoms with Gasteiger partial charge in [0.05, 0.1) is 6.04 Å². The Morgan fingerprint density at radius 1 is 1.22 bits per heavy atom. The number of amidine groups is 1. The smallest absolute Gasteiger partial charge is 0.161 e. The Morgan fingerprint density at radius 3 is 2.44 bits per heavy atom. The third kappa shape index (κ3) is 3.42. The van der Waals surface area contributed by atoms with Crippen LogP contribution in [0.2, 0.25) is 0 Å². The second-order valence-electron chi connectivity index (χ2n) is 5.01. The summed E-state index contributed by atoms with van der Waals surface area (Å²) in [6.45, 7) is 4.43. The number of hydrogen-bond acceptors (Lipinski definition) is 4. The lowest BCUT2D eigenvalue weighted by atomic mass is 10.2. The van der Waals surface area contributed by atoms with E-state index in [0.717, 1.165) is 17.3 Å². The number of nitrogens with zero attached hydrogens (tertiary/aromatic N) is 2. The highest BCUT2D eigenvalue weighted by Gasteiger charge is 2.18. The van der Waals surface area contributed by atoms with E-state index in [4.69, 9.17) is 0 Å². The minimum absolute atomic E-state index is 0.421. The van der Waals surface area contributed by atoms with Crippen molar-refractivity contribution in [2.45, 2.75) is 31.6 Å². The maximum atomic E-state index is 4.64. The number of rotatable bonds is 2. The molecule has 1 N–H and O–H groups in total. The Bertz CT molecular complexity index is 425. The van der Waals surface area contributed by atoms with Crippen LogP contribution in [-0.4, -0.2) is 30.6 Å². The first-order valence-electron chi connectivity index (χ1n) is 6.33. The van der Waals surface area contributed by atoms with Gasteiger partial charge in [-0.05, 0) is 37.6 Å². The minimum atomic E-state index is 0.421. The fraction of sp³-hybridized carbons (Fsp3) is 0.500. The molecular formula is C14H21N3S. The third-order valence-corrected chi connectivity index (χ3v) is 3.98. The lowest BCUT2D eigenvalue weighted by molar-refractivity contribution is 0.661. The van der Waals surface area contributed by atoms with Gasteiger partial charge >= 0.3 is 0 Å². The standard InChI is InChI=1S/C14H21N3S/c1-10-9-11(2)18-14(15-10)16-12-5-7-13(8-6-12)17(3)4/h5-8,10-11H,9H2,1-4H3,(H,15,16). The average molecular weight is 263 g/mol. The summed E-state index contributed by atoms with van der Waals surface area (Å²) < 4.78 is 0. The van der Waals surface area contributed by atoms with Gasteiger partial charge in [0, 0.05) is 30.7 Å². The van der Waals surface area contributed by atoms with E-state index < -0.39 is 0 Å². The molecule has 3 nitrogen and oxygen atoms in total. The van der Waals surface area contributed by atoms with Gasteiger partial charge in [0.2, 0.25) is 0 Å². The van der Waals surface area contributed by atoms with E-state index >= 15 is 0 Å². The number of nitrogens with one attached hydrogen (secondary N) is 1. The fourth-order valence-electron chi connectivity index (χ4n) is 2.03. The summed E-state index contributed by atoms with van der Waals surface area (Å²) in [5.41, 5.74) is 2.31. The predicted molar refractivity (Wildman–Crippen MR) is 83.0 cm³/mol. The van der Waals surface area contributed by atoms with Crippen molar-refractivity contribution in [3.63, 3.8) is 0 Å². The summed E-state index contributed by atoms with van der Waals surface area (Å²) in [5, 5.41) is 5.08. The van der Waals surface area contributed by atoms with Crippen LogP contribution in [-0.2, 0) is 0 Å². The topological polar surface area (TPSA) is 27.6 Å². The molecule has 98 valence electrons. The van der Waals surface area contributed by atoms with E-state index in [1.807, 2.05) is 25.9 Å². The quantitative estimate of drug-likeness (QED) is 0.886. The van der Waals surface area contributed by atoms with Crippen molar-refractivity contribution in [3.8, 4) is 0 Å². The van der Waals surface area contributed by atoms with Gasteiger partial charge in [-0.1, -0.05) is 18.7 Å². The van der Waals surface area contributed by atoms with E-state index in [-0.39, 0.29) is 0 Å². The fourth-order valence-corrected chi connectivity index (χ4v) is 3.20. The largest absolute Gasteiger partial charge is 0.378 e. The van der Waals surface area contributed by atoms with E-state index in [9.17, 15) is 0 Å². The highest BCUT2D eigenvalue weighted by atomic mass is 32.2. The minimum Gasteiger partial charge on any atom is -0.378 e. The molecule has 0 radical (unpaired) electrons. The molecule has 4 heteroatoms. The van der Waals surface area contributed by atoms with Crippen LogP contribution < -0.4 is 10.2 Å². The molecule has 1 aromatic rings. The molecule has 1 aromatic carbocycles. The van der Waals surface area contributed by atoms with Crippen LogP contribution in [0, 0.1) is 0 Å². The SMILES string of the molecule is CC1CC(C)SC(Nc2ccc(N(C)C)cc2)=N1. The van der Waals surface area contributed by atoms with Gasteiger partial charge in [0.25, 0.3) is 0 Å². The molecule has 1 heterocycles. The molecule has 2 atom stereocenters. The van der Waals surface area contributed by atoms with Crippen LogP contribution in [0.25, 0.3) is 0 Å². The van der Waals surface area contributed by atoms with E-state index in [1.54, 1.807) is 0 Å². The maximum absolute atomic E-state index is 4.64. The Balaban J connectivity index is 2.05. The van der Waals surface area contributed by atoms with Gasteiger partial charge in [-0.25, -0.2) is 0 Å². The number of benzene rings is 1. The highest BCUT2D eigenvalue weighted by Crippen LogP contribution is 2.26. The molecule has 2 rings (SSSR count). The van der Waals surface area contributed by atoms with Crippen LogP contribution in [0.15, 0.2) is 29.3 Å². The lowest BCUT2D eigenvalue weighted by Crippen LogP contribution is -2.22. The molecule has 0 aromatic heterocycles. The summed E-state index contributed by atoms with van der Waals surface area (Å²) in [5.74, 6) is 0. The number of aliphatic imine (C=N–C) groups is 1. The molecule has 0 amide bonds. The molecule has 0 fully saturated rings. The maximum Gasteiger partial charge on any atom is 0.161 e. The van der Waals surface area contributed by atoms with Crippen molar-refractivity contribution >= 4 is 28.3 Å². The van der Waals surface area contributed by atoms with Gasteiger partial charge in [-0.15, -0.1) is 0 Å². The highest BCUT2D eigenvalue weighted by molar-refractivity contribution is 8.14. The molecule has 0 spiro atoms. The first-order valence-corrected chi connectivity index (χ1v) is 7.21. The number of anilines is 2. The van der Waals surface area contributed by atoms with Crippen molar-refractivity contribution in [1.29, 1.82) is 0 Å². The average Bonchev–Trinajstić information content (AvgIpc) is 2.28. The molecule has 18 heavy (non-hydrogen) atoms. The van der Waals surface area contributed by atoms with E-state index in [2.05, 4.69) is 53.3 Å². The first kappa shape index (κ1) is 13.3. The summed E-state index contributed by atoms with van der Waals surface area (Å²) in [4.78, 5) is 6.74. The summed E-state index contributed by atoms with van der Waals surface area (Å²) in [7, 11) is 4.10. The zero-order chi connectivity index (χ0) is 13.1. The normalized spacial score (nSPS) is 23.4. The van der Waals surface area contributed by atoms with Crippen molar-refractivity contribution < 1.29 is 0 Å². The Hall–Kier alpha value is -1.16. The van der Waals surface area contributed by atoms with Crippen LogP contribution in [0.3, 0.4) is 0 Å². The van der Waals surface area contributed by atoms with Crippen molar-refractivity contribution in [1.82, 2.24) is 0 Å². The molecule has 0 aliphatic carbocycles. The van der Waals surface area contributed by atoms with Gasteiger partial charge < -0.3 is 10.2 Å². The number of thioether (sulfide) groups is 1. The summed E-state index contributed by atoms with van der Waals surface area (Å²) in [6.07, 6.45) is 1.16. The van der Waals surface area contributed by atoms with Crippen molar-refractivity contribution in [2.24, 2.45) is 4.99 Å². The van der Waals surface area contributed by atoms with E-state index in [1.165, 1.54) is 5.69 Å². The molecule has 0 bridgehead atoms. The van der Waals surface area contributed by atoms with E-state index in [0.29, 0.717) is 11.3 Å². The van der Waals surface area contributed by atoms with Crippen LogP contribution in [0.1, 0.15) is 20.3 Å². The summed E-state index contributed by atoms with van der Waals surface area (Å²) >= 11 is 1.82. The second kappa shape index (κ2) is 5.65. The van der Waals surface area contributed by atoms with Crippen LogP contribution in [0.4, 0.5) is 11.4 Å². The Labute approximate surface area is 114 Å². The predicted octanol–water partition coefficient (Wildman–Crippen LogP) is 3.43. The lowest BCUT2D eigenvalue weighted by Gasteiger charge is -2.23. The molecular weight excluding hydrogens is 242 g/mol. The molecule has 1 aliphatic rings. The van der Waals surface area contributed by atoms with Crippen molar-refractivity contribution in [2.75, 3.05) is 24.3 Å². The zero-order valence-electron chi connectivity index (χ0n) is 11.5. The van der Waals surface area contributed by atoms with Gasteiger partial charge in [0.15, 0.2) is 5.17 Å². The molecule has 2 unspecified atom stereocenters.